The summed E-state index contributed by atoms with van der Waals surface area (Å²) in [5.41, 5.74) is 2.51. The normalized spacial score (nSPS) is 29.5. The zero-order valence-corrected chi connectivity index (χ0v) is 12.8. The van der Waals surface area contributed by atoms with Crippen molar-refractivity contribution in [3.63, 3.8) is 0 Å². The number of aliphatic hydroxyl groups is 1. The van der Waals surface area contributed by atoms with Gasteiger partial charge in [-0.25, -0.2) is 0 Å². The van der Waals surface area contributed by atoms with Crippen LogP contribution in [0.2, 0.25) is 0 Å². The van der Waals surface area contributed by atoms with Crippen LogP contribution in [0.25, 0.3) is 0 Å². The van der Waals surface area contributed by atoms with Gasteiger partial charge in [-0.05, 0) is 49.3 Å². The first kappa shape index (κ1) is 14.1. The van der Waals surface area contributed by atoms with E-state index in [0.29, 0.717) is 12.0 Å². The molecule has 110 valence electrons. The molecule has 2 heteroatoms. The lowest BCUT2D eigenvalue weighted by atomic mass is 9.78. The average molecular weight is 273 g/mol. The number of hydrogen-bond acceptors (Lipinski definition) is 2. The van der Waals surface area contributed by atoms with Crippen LogP contribution < -0.4 is 0 Å². The molecule has 0 amide bonds. The number of hydrogen-bond donors (Lipinski definition) is 1. The molecule has 0 aromatic heterocycles. The van der Waals surface area contributed by atoms with Crippen LogP contribution in [-0.2, 0) is 0 Å². The minimum Gasteiger partial charge on any atom is -0.387 e. The first-order chi connectivity index (χ1) is 9.72. The van der Waals surface area contributed by atoms with Crippen LogP contribution in [0, 0.1) is 0 Å². The Balaban J connectivity index is 1.83. The topological polar surface area (TPSA) is 23.5 Å². The highest BCUT2D eigenvalue weighted by atomic mass is 16.3. The van der Waals surface area contributed by atoms with E-state index in [1.54, 1.807) is 0 Å². The lowest BCUT2D eigenvalue weighted by Crippen LogP contribution is -2.44. The van der Waals surface area contributed by atoms with E-state index in [9.17, 15) is 5.11 Å². The van der Waals surface area contributed by atoms with Crippen LogP contribution in [0.5, 0.6) is 0 Å². The van der Waals surface area contributed by atoms with E-state index in [-0.39, 0.29) is 6.10 Å². The minimum atomic E-state index is -0.306. The Kier molecular flexibility index (Phi) is 4.13. The molecule has 0 spiro atoms. The second-order valence-corrected chi connectivity index (χ2v) is 6.60. The first-order valence-electron chi connectivity index (χ1n) is 8.25. The molecular weight excluding hydrogens is 246 g/mol. The zero-order valence-electron chi connectivity index (χ0n) is 12.8. The summed E-state index contributed by atoms with van der Waals surface area (Å²) in [6.45, 7) is 5.71. The van der Waals surface area contributed by atoms with Crippen LogP contribution in [-0.4, -0.2) is 28.6 Å². The Labute approximate surface area is 122 Å². The molecule has 2 nitrogen and oxygen atoms in total. The van der Waals surface area contributed by atoms with Crippen molar-refractivity contribution in [3.8, 4) is 0 Å². The number of fused-ring (bicyclic) bond motifs is 1. The van der Waals surface area contributed by atoms with Crippen LogP contribution in [0.15, 0.2) is 24.3 Å². The maximum absolute atomic E-state index is 10.8. The molecule has 20 heavy (non-hydrogen) atoms. The van der Waals surface area contributed by atoms with Gasteiger partial charge in [-0.2, -0.15) is 0 Å². The monoisotopic (exact) mass is 273 g/mol. The smallest absolute Gasteiger partial charge is 0.0948 e. The summed E-state index contributed by atoms with van der Waals surface area (Å²) in [7, 11) is 0. The van der Waals surface area contributed by atoms with Gasteiger partial charge >= 0.3 is 0 Å². The fourth-order valence-corrected chi connectivity index (χ4v) is 3.74. The third kappa shape index (κ3) is 2.64. The Morgan fingerprint density at radius 3 is 2.55 bits per heavy atom. The van der Waals surface area contributed by atoms with Gasteiger partial charge in [-0.1, -0.05) is 44.5 Å². The van der Waals surface area contributed by atoms with Crippen LogP contribution in [0.4, 0.5) is 0 Å². The van der Waals surface area contributed by atoms with Gasteiger partial charge in [0.25, 0.3) is 0 Å². The molecule has 0 aliphatic heterocycles. The van der Waals surface area contributed by atoms with Crippen LogP contribution >= 0.6 is 0 Å². The Morgan fingerprint density at radius 1 is 1.20 bits per heavy atom. The molecule has 0 radical (unpaired) electrons. The van der Waals surface area contributed by atoms with Crippen molar-refractivity contribution in [2.45, 2.75) is 70.1 Å². The molecule has 1 fully saturated rings. The lowest BCUT2D eigenvalue weighted by molar-refractivity contribution is 0.0255. The van der Waals surface area contributed by atoms with Crippen molar-refractivity contribution in [2.24, 2.45) is 0 Å². The maximum Gasteiger partial charge on any atom is 0.0948 e. The van der Waals surface area contributed by atoms with E-state index < -0.39 is 0 Å². The van der Waals surface area contributed by atoms with Gasteiger partial charge in [0.2, 0.25) is 0 Å². The molecule has 0 heterocycles. The largest absolute Gasteiger partial charge is 0.387 e. The van der Waals surface area contributed by atoms with Gasteiger partial charge in [-0.15, -0.1) is 0 Å². The van der Waals surface area contributed by atoms with E-state index in [1.165, 1.54) is 36.8 Å². The number of benzene rings is 1. The van der Waals surface area contributed by atoms with Crippen molar-refractivity contribution in [3.05, 3.63) is 35.4 Å². The Morgan fingerprint density at radius 2 is 1.90 bits per heavy atom. The van der Waals surface area contributed by atoms with Crippen LogP contribution in [0.1, 0.15) is 69.1 Å². The third-order valence-electron chi connectivity index (χ3n) is 5.02. The van der Waals surface area contributed by atoms with E-state index in [1.807, 2.05) is 0 Å². The highest BCUT2D eigenvalue weighted by Gasteiger charge is 2.40. The molecule has 1 aromatic carbocycles. The quantitative estimate of drug-likeness (QED) is 0.880. The number of aliphatic hydroxyl groups excluding tert-OH is 1. The van der Waals surface area contributed by atoms with Crippen molar-refractivity contribution >= 4 is 0 Å². The standard InChI is InChI=1S/C18H27NO/c1-3-4-11-19(14-9-10-14)17-12-13(2)15-7-5-6-8-16(15)18(17)20/h5-8,13-14,17-18,20H,3-4,9-12H2,1-2H3. The molecule has 3 rings (SSSR count). The van der Waals surface area contributed by atoms with Gasteiger partial charge in [-0.3, -0.25) is 4.90 Å². The summed E-state index contributed by atoms with van der Waals surface area (Å²) >= 11 is 0. The third-order valence-corrected chi connectivity index (χ3v) is 5.02. The van der Waals surface area contributed by atoms with Crippen molar-refractivity contribution in [2.75, 3.05) is 6.54 Å². The van der Waals surface area contributed by atoms with E-state index in [2.05, 4.69) is 43.0 Å². The number of rotatable bonds is 5. The van der Waals surface area contributed by atoms with Gasteiger partial charge < -0.3 is 5.11 Å². The summed E-state index contributed by atoms with van der Waals surface area (Å²) in [6, 6.07) is 9.51. The molecule has 1 saturated carbocycles. The summed E-state index contributed by atoms with van der Waals surface area (Å²) in [5.74, 6) is 0.558. The fraction of sp³-hybridized carbons (Fsp3) is 0.667. The second kappa shape index (κ2) is 5.87. The van der Waals surface area contributed by atoms with E-state index in [0.717, 1.165) is 19.0 Å². The predicted molar refractivity (Wildman–Crippen MR) is 82.9 cm³/mol. The van der Waals surface area contributed by atoms with Gasteiger partial charge in [0.05, 0.1) is 6.10 Å². The molecule has 2 aliphatic rings. The minimum absolute atomic E-state index is 0.306. The van der Waals surface area contributed by atoms with Gasteiger partial charge in [0.15, 0.2) is 0 Å². The molecule has 0 saturated heterocycles. The summed E-state index contributed by atoms with van der Waals surface area (Å²) in [5, 5.41) is 10.8. The van der Waals surface area contributed by atoms with E-state index >= 15 is 0 Å². The molecule has 0 bridgehead atoms. The SMILES string of the molecule is CCCCN(C1CC1)C1CC(C)c2ccccc2C1O. The first-order valence-corrected chi connectivity index (χ1v) is 8.25. The van der Waals surface area contributed by atoms with Gasteiger partial charge in [0, 0.05) is 12.1 Å². The molecular formula is C18H27NO. The van der Waals surface area contributed by atoms with Crippen LogP contribution in [0.3, 0.4) is 0 Å². The molecule has 2 aliphatic carbocycles. The Bertz CT molecular complexity index is 454. The highest BCUT2D eigenvalue weighted by molar-refractivity contribution is 5.35. The fourth-order valence-electron chi connectivity index (χ4n) is 3.74. The van der Waals surface area contributed by atoms with E-state index in [4.69, 9.17) is 0 Å². The summed E-state index contributed by atoms with van der Waals surface area (Å²) < 4.78 is 0. The summed E-state index contributed by atoms with van der Waals surface area (Å²) in [4.78, 5) is 2.61. The highest BCUT2D eigenvalue weighted by Crippen LogP contribution is 2.42. The molecule has 3 atom stereocenters. The van der Waals surface area contributed by atoms with Crippen molar-refractivity contribution in [1.29, 1.82) is 0 Å². The predicted octanol–water partition coefficient (Wildman–Crippen LogP) is 3.86. The molecule has 1 N–H and O–H groups in total. The molecule has 3 unspecified atom stereocenters. The van der Waals surface area contributed by atoms with Crippen molar-refractivity contribution < 1.29 is 5.11 Å². The summed E-state index contributed by atoms with van der Waals surface area (Å²) in [6.07, 6.45) is 5.91. The zero-order chi connectivity index (χ0) is 14.1. The second-order valence-electron chi connectivity index (χ2n) is 6.60. The average Bonchev–Trinajstić information content (AvgIpc) is 3.29. The number of nitrogens with zero attached hydrogens (tertiary/aromatic N) is 1. The van der Waals surface area contributed by atoms with Crippen molar-refractivity contribution in [1.82, 2.24) is 4.90 Å². The van der Waals surface area contributed by atoms with Gasteiger partial charge in [0.1, 0.15) is 0 Å². The lowest BCUT2D eigenvalue weighted by Gasteiger charge is -2.41. The Hall–Kier alpha value is -0.860. The maximum atomic E-state index is 10.8. The number of unbranched alkanes of at least 4 members (excludes halogenated alkanes) is 1. The molecule has 1 aromatic rings.